The highest BCUT2D eigenvalue weighted by Crippen LogP contribution is 2.44. The molecule has 0 bridgehead atoms. The Hall–Kier alpha value is -9.19. The van der Waals surface area contributed by atoms with Crippen LogP contribution in [0, 0.1) is 0 Å². The molecule has 318 valence electrons. The summed E-state index contributed by atoms with van der Waals surface area (Å²) in [6.45, 7) is 0. The molecule has 0 saturated carbocycles. The molecule has 0 unspecified atom stereocenters. The fourth-order valence-corrected chi connectivity index (χ4v) is 10.2. The summed E-state index contributed by atoms with van der Waals surface area (Å²) in [6, 6.07) is 88.1. The lowest BCUT2D eigenvalue weighted by molar-refractivity contribution is 1.07. The molecule has 68 heavy (non-hydrogen) atoms. The topological polar surface area (TPSA) is 48.5 Å². The molecule has 13 aromatic rings. The van der Waals surface area contributed by atoms with Gasteiger partial charge in [-0.3, -0.25) is 0 Å². The van der Waals surface area contributed by atoms with Gasteiger partial charge in [0.05, 0.1) is 33.4 Å². The van der Waals surface area contributed by atoms with E-state index < -0.39 is 0 Å². The van der Waals surface area contributed by atoms with Gasteiger partial charge in [0, 0.05) is 43.8 Å². The number of nitrogens with zero attached hydrogens (tertiary/aromatic N) is 5. The van der Waals surface area contributed by atoms with Gasteiger partial charge in [0.15, 0.2) is 17.5 Å². The van der Waals surface area contributed by atoms with Crippen molar-refractivity contribution in [3.63, 3.8) is 0 Å². The minimum absolute atomic E-state index is 0.592. The summed E-state index contributed by atoms with van der Waals surface area (Å²) in [5.74, 6) is 1.80. The predicted octanol–water partition coefficient (Wildman–Crippen LogP) is 16.1. The van der Waals surface area contributed by atoms with Gasteiger partial charge in [0.1, 0.15) is 0 Å². The second-order valence-electron chi connectivity index (χ2n) is 17.1. The van der Waals surface area contributed by atoms with Crippen molar-refractivity contribution in [2.45, 2.75) is 0 Å². The second kappa shape index (κ2) is 16.4. The van der Waals surface area contributed by atoms with Crippen molar-refractivity contribution in [2.24, 2.45) is 0 Å². The molecule has 10 aromatic carbocycles. The lowest BCUT2D eigenvalue weighted by Crippen LogP contribution is -2.04. The summed E-state index contributed by atoms with van der Waals surface area (Å²) in [7, 11) is 0. The Morgan fingerprint density at radius 1 is 0.235 bits per heavy atom. The van der Waals surface area contributed by atoms with E-state index >= 15 is 0 Å². The van der Waals surface area contributed by atoms with Crippen molar-refractivity contribution in [1.82, 2.24) is 24.1 Å². The number of rotatable bonds is 8. The van der Waals surface area contributed by atoms with E-state index in [1.165, 1.54) is 10.8 Å². The van der Waals surface area contributed by atoms with Gasteiger partial charge in [-0.05, 0) is 64.2 Å². The van der Waals surface area contributed by atoms with Gasteiger partial charge in [-0.2, -0.15) is 0 Å². The summed E-state index contributed by atoms with van der Waals surface area (Å²) in [4.78, 5) is 16.3. The highest BCUT2D eigenvalue weighted by molar-refractivity contribution is 6.17. The Bertz CT molecular complexity index is 4020. The zero-order valence-electron chi connectivity index (χ0n) is 36.9. The van der Waals surface area contributed by atoms with Crippen molar-refractivity contribution in [2.75, 3.05) is 0 Å². The summed E-state index contributed by atoms with van der Waals surface area (Å²) in [5.41, 5.74) is 16.0. The van der Waals surface area contributed by atoms with Crippen LogP contribution in [0.1, 0.15) is 0 Å². The van der Waals surface area contributed by atoms with E-state index in [-0.39, 0.29) is 0 Å². The van der Waals surface area contributed by atoms with Crippen LogP contribution in [0.4, 0.5) is 0 Å². The van der Waals surface area contributed by atoms with E-state index in [9.17, 15) is 0 Å². The van der Waals surface area contributed by atoms with Crippen LogP contribution in [0.15, 0.2) is 249 Å². The van der Waals surface area contributed by atoms with Crippen molar-refractivity contribution < 1.29 is 0 Å². The van der Waals surface area contributed by atoms with Gasteiger partial charge >= 0.3 is 0 Å². The maximum atomic E-state index is 5.49. The molecule has 0 N–H and O–H groups in total. The molecule has 0 spiro atoms. The van der Waals surface area contributed by atoms with Crippen LogP contribution in [0.2, 0.25) is 0 Å². The Labute approximate surface area is 393 Å². The fraction of sp³-hybridized carbons (Fsp3) is 0. The third-order valence-corrected chi connectivity index (χ3v) is 13.2. The van der Waals surface area contributed by atoms with Crippen molar-refractivity contribution in [1.29, 1.82) is 0 Å². The SMILES string of the molecule is c1ccc(-c2cccc(-c3nc(-c4ccccc4-c4ccccc4)nc(-c4cccc5c6ccccc6n(-c6cccc7c8ccccc8n(-c8ccccc8-c8ccccc8)c67)c45)n3)c2)cc1. The summed E-state index contributed by atoms with van der Waals surface area (Å²) >= 11 is 0. The van der Waals surface area contributed by atoms with E-state index in [0.717, 1.165) is 94.3 Å². The first-order valence-electron chi connectivity index (χ1n) is 23.0. The maximum Gasteiger partial charge on any atom is 0.166 e. The highest BCUT2D eigenvalue weighted by atomic mass is 15.1. The minimum Gasteiger partial charge on any atom is -0.307 e. The van der Waals surface area contributed by atoms with Gasteiger partial charge in [-0.15, -0.1) is 0 Å². The molecular formula is C63H41N5. The van der Waals surface area contributed by atoms with Gasteiger partial charge in [-0.25, -0.2) is 15.0 Å². The van der Waals surface area contributed by atoms with E-state index in [1.54, 1.807) is 0 Å². The lowest BCUT2D eigenvalue weighted by atomic mass is 9.99. The highest BCUT2D eigenvalue weighted by Gasteiger charge is 2.25. The van der Waals surface area contributed by atoms with Crippen LogP contribution < -0.4 is 0 Å². The zero-order valence-corrected chi connectivity index (χ0v) is 36.9. The number of aromatic nitrogens is 5. The number of para-hydroxylation sites is 5. The van der Waals surface area contributed by atoms with E-state index in [2.05, 4.69) is 246 Å². The van der Waals surface area contributed by atoms with Crippen LogP contribution in [0.5, 0.6) is 0 Å². The van der Waals surface area contributed by atoms with Crippen molar-refractivity contribution in [3.05, 3.63) is 249 Å². The van der Waals surface area contributed by atoms with E-state index in [0.29, 0.717) is 17.5 Å². The Balaban J connectivity index is 1.12. The first-order chi connectivity index (χ1) is 33.8. The predicted molar refractivity (Wildman–Crippen MR) is 281 cm³/mol. The number of benzene rings is 10. The van der Waals surface area contributed by atoms with E-state index in [1.807, 2.05) is 12.1 Å². The molecule has 0 fully saturated rings. The number of fused-ring (bicyclic) bond motifs is 6. The fourth-order valence-electron chi connectivity index (χ4n) is 10.2. The van der Waals surface area contributed by atoms with Crippen LogP contribution in [-0.4, -0.2) is 24.1 Å². The van der Waals surface area contributed by atoms with Crippen LogP contribution in [0.25, 0.3) is 123 Å². The Morgan fingerprint density at radius 3 is 1.34 bits per heavy atom. The van der Waals surface area contributed by atoms with E-state index in [4.69, 9.17) is 15.0 Å². The largest absolute Gasteiger partial charge is 0.307 e. The third kappa shape index (κ3) is 6.51. The molecular weight excluding hydrogens is 827 g/mol. The molecule has 0 amide bonds. The van der Waals surface area contributed by atoms with Crippen LogP contribution >= 0.6 is 0 Å². The van der Waals surface area contributed by atoms with Crippen molar-refractivity contribution >= 4 is 43.6 Å². The molecule has 13 rings (SSSR count). The zero-order chi connectivity index (χ0) is 45.0. The monoisotopic (exact) mass is 867 g/mol. The molecule has 3 heterocycles. The van der Waals surface area contributed by atoms with Crippen molar-refractivity contribution in [3.8, 4) is 78.9 Å². The molecule has 0 atom stereocenters. The Morgan fingerprint density at radius 2 is 0.647 bits per heavy atom. The first kappa shape index (κ1) is 39.2. The molecule has 5 heteroatoms. The quantitative estimate of drug-likeness (QED) is 0.153. The molecule has 0 radical (unpaired) electrons. The smallest absolute Gasteiger partial charge is 0.166 e. The summed E-state index contributed by atoms with van der Waals surface area (Å²) in [6.07, 6.45) is 0. The minimum atomic E-state index is 0.592. The molecule has 0 aliphatic heterocycles. The van der Waals surface area contributed by atoms with Crippen LogP contribution in [0.3, 0.4) is 0 Å². The van der Waals surface area contributed by atoms with Gasteiger partial charge < -0.3 is 9.13 Å². The summed E-state index contributed by atoms with van der Waals surface area (Å²) in [5, 5.41) is 4.62. The first-order valence-corrected chi connectivity index (χ1v) is 23.0. The van der Waals surface area contributed by atoms with Gasteiger partial charge in [0.25, 0.3) is 0 Å². The molecule has 0 aliphatic rings. The second-order valence-corrected chi connectivity index (χ2v) is 17.1. The van der Waals surface area contributed by atoms with Gasteiger partial charge in [-0.1, -0.05) is 212 Å². The Kier molecular flexibility index (Phi) is 9.43. The molecule has 0 saturated heterocycles. The molecule has 0 aliphatic carbocycles. The number of hydrogen-bond acceptors (Lipinski definition) is 3. The maximum absolute atomic E-state index is 5.49. The standard InChI is InChI=1S/C63H41N5/c1-4-21-42(22-5-1)45-27-18-28-46(41-45)61-64-62(53-33-11-10-29-47(53)43-23-6-2-7-24-43)66-63(65-61)54-36-19-34-51-49-31-13-17-39-57(49)68(59(51)54)58-40-20-35-52-50-32-14-16-38-56(50)67(60(52)58)55-37-15-12-30-48(55)44-25-8-3-9-26-44/h1-41H. The lowest BCUT2D eigenvalue weighted by Gasteiger charge is -2.18. The van der Waals surface area contributed by atoms with Crippen LogP contribution in [-0.2, 0) is 0 Å². The average Bonchev–Trinajstić information content (AvgIpc) is 3.95. The summed E-state index contributed by atoms with van der Waals surface area (Å²) < 4.78 is 4.91. The number of hydrogen-bond donors (Lipinski definition) is 0. The van der Waals surface area contributed by atoms with Gasteiger partial charge in [0.2, 0.25) is 0 Å². The average molecular weight is 868 g/mol. The third-order valence-electron chi connectivity index (χ3n) is 13.2. The molecule has 5 nitrogen and oxygen atoms in total. The normalized spacial score (nSPS) is 11.5. The molecule has 3 aromatic heterocycles.